The molecule has 26 heavy (non-hydrogen) atoms. The van der Waals surface area contributed by atoms with Crippen molar-refractivity contribution in [2.75, 3.05) is 13.1 Å². The molecule has 0 radical (unpaired) electrons. The minimum Gasteiger partial charge on any atom is -0.338 e. The number of aryl methyl sites for hydroxylation is 1. The zero-order valence-electron chi connectivity index (χ0n) is 16.0. The quantitative estimate of drug-likeness (QED) is 0.845. The maximum atomic E-state index is 12.0. The highest BCUT2D eigenvalue weighted by Crippen LogP contribution is 2.31. The molecule has 0 unspecified atom stereocenters. The number of carbonyl (C=O) groups is 1. The van der Waals surface area contributed by atoms with Gasteiger partial charge in [0.05, 0.1) is 17.6 Å². The Kier molecular flexibility index (Phi) is 4.98. The zero-order valence-corrected chi connectivity index (χ0v) is 16.0. The summed E-state index contributed by atoms with van der Waals surface area (Å²) in [6, 6.07) is 9.33. The summed E-state index contributed by atoms with van der Waals surface area (Å²) in [6.07, 6.45) is 5.78. The molecule has 4 rings (SSSR count). The Morgan fingerprint density at radius 2 is 2.00 bits per heavy atom. The van der Waals surface area contributed by atoms with E-state index < -0.39 is 0 Å². The second kappa shape index (κ2) is 7.39. The van der Waals surface area contributed by atoms with Gasteiger partial charge < -0.3 is 9.47 Å². The normalized spacial score (nSPS) is 24.0. The van der Waals surface area contributed by atoms with Crippen LogP contribution in [-0.4, -0.2) is 50.4 Å². The van der Waals surface area contributed by atoms with E-state index in [1.807, 2.05) is 0 Å². The van der Waals surface area contributed by atoms with Crippen LogP contribution < -0.4 is 0 Å². The van der Waals surface area contributed by atoms with Gasteiger partial charge in [0.2, 0.25) is 5.91 Å². The number of para-hydroxylation sites is 2. The Morgan fingerprint density at radius 1 is 1.15 bits per heavy atom. The highest BCUT2D eigenvalue weighted by atomic mass is 16.2. The Bertz CT molecular complexity index is 783. The maximum absolute atomic E-state index is 12.0. The molecule has 2 aliphatic rings. The lowest BCUT2D eigenvalue weighted by molar-refractivity contribution is -0.130. The van der Waals surface area contributed by atoms with Crippen LogP contribution in [0.4, 0.5) is 0 Å². The number of benzene rings is 1. The van der Waals surface area contributed by atoms with E-state index in [2.05, 4.69) is 45.6 Å². The number of nitrogens with zero attached hydrogens (tertiary/aromatic N) is 4. The molecule has 2 saturated heterocycles. The van der Waals surface area contributed by atoms with Crippen LogP contribution in [-0.2, 0) is 17.9 Å². The second-order valence-corrected chi connectivity index (χ2v) is 7.77. The summed E-state index contributed by atoms with van der Waals surface area (Å²) in [5, 5.41) is 0. The SMILES string of the molecule is CCCn1c(CN2CCCC[C@@H]3[C@H]2CCN3C(C)=O)nc2ccccc21. The van der Waals surface area contributed by atoms with Gasteiger partial charge in [-0.25, -0.2) is 4.98 Å². The van der Waals surface area contributed by atoms with Crippen molar-refractivity contribution in [1.82, 2.24) is 19.4 Å². The van der Waals surface area contributed by atoms with Crippen molar-refractivity contribution in [2.24, 2.45) is 0 Å². The van der Waals surface area contributed by atoms with E-state index in [-0.39, 0.29) is 5.91 Å². The van der Waals surface area contributed by atoms with Crippen molar-refractivity contribution in [1.29, 1.82) is 0 Å². The largest absolute Gasteiger partial charge is 0.338 e. The van der Waals surface area contributed by atoms with Crippen LogP contribution in [0.15, 0.2) is 24.3 Å². The fraction of sp³-hybridized carbons (Fsp3) is 0.619. The second-order valence-electron chi connectivity index (χ2n) is 7.77. The maximum Gasteiger partial charge on any atom is 0.219 e. The van der Waals surface area contributed by atoms with Crippen molar-refractivity contribution in [2.45, 2.75) is 71.1 Å². The smallest absolute Gasteiger partial charge is 0.219 e. The van der Waals surface area contributed by atoms with Gasteiger partial charge in [-0.3, -0.25) is 9.69 Å². The van der Waals surface area contributed by atoms with E-state index in [0.717, 1.165) is 51.0 Å². The summed E-state index contributed by atoms with van der Waals surface area (Å²) >= 11 is 0. The molecule has 5 nitrogen and oxygen atoms in total. The summed E-state index contributed by atoms with van der Waals surface area (Å²) in [5.74, 6) is 1.41. The molecule has 2 atom stereocenters. The third-order valence-electron chi connectivity index (χ3n) is 6.10. The van der Waals surface area contributed by atoms with Gasteiger partial charge in [0.1, 0.15) is 5.82 Å². The molecule has 2 aliphatic heterocycles. The molecular weight excluding hydrogens is 324 g/mol. The van der Waals surface area contributed by atoms with Crippen LogP contribution in [0.5, 0.6) is 0 Å². The molecule has 0 aliphatic carbocycles. The number of likely N-dealkylation sites (tertiary alicyclic amines) is 2. The minimum absolute atomic E-state index is 0.234. The Labute approximate surface area is 156 Å². The van der Waals surface area contributed by atoms with Gasteiger partial charge in [0, 0.05) is 32.1 Å². The molecule has 1 aromatic carbocycles. The van der Waals surface area contributed by atoms with Crippen LogP contribution in [0.25, 0.3) is 11.0 Å². The number of carbonyl (C=O) groups excluding carboxylic acids is 1. The summed E-state index contributed by atoms with van der Waals surface area (Å²) in [7, 11) is 0. The van der Waals surface area contributed by atoms with Gasteiger partial charge in [0.15, 0.2) is 0 Å². The first-order chi connectivity index (χ1) is 12.7. The number of aromatic nitrogens is 2. The summed E-state index contributed by atoms with van der Waals surface area (Å²) in [5.41, 5.74) is 2.34. The van der Waals surface area contributed by atoms with Crippen molar-refractivity contribution < 1.29 is 4.79 Å². The standard InChI is InChI=1S/C21H30N4O/c1-3-12-25-18-9-5-4-8-17(18)22-21(25)15-23-13-7-6-10-20-19(23)11-14-24(20)16(2)26/h4-5,8-9,19-20H,3,6-7,10-15H2,1-2H3/t19-,20-/m1/s1. The molecule has 0 spiro atoms. The number of imidazole rings is 1. The zero-order chi connectivity index (χ0) is 18.1. The third kappa shape index (κ3) is 3.13. The predicted octanol–water partition coefficient (Wildman–Crippen LogP) is 3.42. The molecule has 0 N–H and O–H groups in total. The lowest BCUT2D eigenvalue weighted by Crippen LogP contribution is -2.45. The average molecular weight is 354 g/mol. The number of rotatable bonds is 4. The molecule has 0 bridgehead atoms. The minimum atomic E-state index is 0.234. The van der Waals surface area contributed by atoms with Gasteiger partial charge in [-0.1, -0.05) is 25.5 Å². The summed E-state index contributed by atoms with van der Waals surface area (Å²) < 4.78 is 2.40. The Morgan fingerprint density at radius 3 is 2.81 bits per heavy atom. The molecule has 2 fully saturated rings. The Balaban J connectivity index is 1.63. The summed E-state index contributed by atoms with van der Waals surface area (Å²) in [6.45, 7) is 7.87. The monoisotopic (exact) mass is 354 g/mol. The number of fused-ring (bicyclic) bond motifs is 2. The molecule has 5 heteroatoms. The van der Waals surface area contributed by atoms with Gasteiger partial charge in [-0.2, -0.15) is 0 Å². The lowest BCUT2D eigenvalue weighted by Gasteiger charge is -2.32. The molecule has 1 amide bonds. The van der Waals surface area contributed by atoms with Gasteiger partial charge >= 0.3 is 0 Å². The molecule has 0 saturated carbocycles. The fourth-order valence-corrected chi connectivity index (χ4v) is 4.93. The number of amides is 1. The van der Waals surface area contributed by atoms with E-state index in [0.29, 0.717) is 12.1 Å². The number of hydrogen-bond donors (Lipinski definition) is 0. The van der Waals surface area contributed by atoms with Crippen LogP contribution >= 0.6 is 0 Å². The first kappa shape index (κ1) is 17.5. The topological polar surface area (TPSA) is 41.4 Å². The summed E-state index contributed by atoms with van der Waals surface area (Å²) in [4.78, 5) is 21.7. The predicted molar refractivity (Wildman–Crippen MR) is 104 cm³/mol. The highest BCUT2D eigenvalue weighted by Gasteiger charge is 2.40. The first-order valence-corrected chi connectivity index (χ1v) is 10.1. The molecule has 2 aromatic rings. The first-order valence-electron chi connectivity index (χ1n) is 10.1. The van der Waals surface area contributed by atoms with Crippen LogP contribution in [0, 0.1) is 0 Å². The number of hydrogen-bond acceptors (Lipinski definition) is 3. The van der Waals surface area contributed by atoms with Crippen LogP contribution in [0.2, 0.25) is 0 Å². The van der Waals surface area contributed by atoms with E-state index in [1.54, 1.807) is 6.92 Å². The van der Waals surface area contributed by atoms with E-state index in [1.165, 1.54) is 24.2 Å². The molecule has 140 valence electrons. The van der Waals surface area contributed by atoms with Crippen molar-refractivity contribution in [3.05, 3.63) is 30.1 Å². The van der Waals surface area contributed by atoms with E-state index in [9.17, 15) is 4.79 Å². The highest BCUT2D eigenvalue weighted by molar-refractivity contribution is 5.76. The average Bonchev–Trinajstić information content (AvgIpc) is 3.14. The van der Waals surface area contributed by atoms with Crippen molar-refractivity contribution in [3.8, 4) is 0 Å². The van der Waals surface area contributed by atoms with Crippen LogP contribution in [0.1, 0.15) is 51.8 Å². The lowest BCUT2D eigenvalue weighted by atomic mass is 10.0. The third-order valence-corrected chi connectivity index (χ3v) is 6.10. The van der Waals surface area contributed by atoms with Gasteiger partial charge in [-0.15, -0.1) is 0 Å². The van der Waals surface area contributed by atoms with Crippen LogP contribution in [0.3, 0.4) is 0 Å². The molecule has 1 aromatic heterocycles. The van der Waals surface area contributed by atoms with E-state index >= 15 is 0 Å². The van der Waals surface area contributed by atoms with E-state index in [4.69, 9.17) is 4.98 Å². The fourth-order valence-electron chi connectivity index (χ4n) is 4.93. The molecular formula is C21H30N4O. The molecule has 3 heterocycles. The Hall–Kier alpha value is -1.88. The van der Waals surface area contributed by atoms with Gasteiger partial charge in [-0.05, 0) is 44.4 Å². The van der Waals surface area contributed by atoms with Crippen molar-refractivity contribution in [3.63, 3.8) is 0 Å². The van der Waals surface area contributed by atoms with Crippen molar-refractivity contribution >= 4 is 16.9 Å². The van der Waals surface area contributed by atoms with Gasteiger partial charge in [0.25, 0.3) is 0 Å².